The highest BCUT2D eigenvalue weighted by Crippen LogP contribution is 2.27. The summed E-state index contributed by atoms with van der Waals surface area (Å²) in [5, 5.41) is 0. The Morgan fingerprint density at radius 2 is 2.20 bits per heavy atom. The van der Waals surface area contributed by atoms with Crippen molar-refractivity contribution < 1.29 is 4.79 Å². The van der Waals surface area contributed by atoms with Crippen molar-refractivity contribution in [2.45, 2.75) is 40.0 Å². The van der Waals surface area contributed by atoms with Crippen molar-refractivity contribution in [2.75, 3.05) is 19.6 Å². The van der Waals surface area contributed by atoms with Crippen LogP contribution >= 0.6 is 0 Å². The first kappa shape index (κ1) is 17.9. The van der Waals surface area contributed by atoms with E-state index in [4.69, 9.17) is 0 Å². The van der Waals surface area contributed by atoms with Gasteiger partial charge in [0.25, 0.3) is 0 Å². The molecule has 0 spiro atoms. The van der Waals surface area contributed by atoms with E-state index in [-0.39, 0.29) is 5.92 Å². The molecule has 1 aromatic heterocycles. The Labute approximate surface area is 150 Å². The lowest BCUT2D eigenvalue weighted by molar-refractivity contribution is -0.104. The maximum atomic E-state index is 10.5. The van der Waals surface area contributed by atoms with Crippen LogP contribution in [0.1, 0.15) is 45.0 Å². The lowest BCUT2D eigenvalue weighted by Crippen LogP contribution is -2.32. The van der Waals surface area contributed by atoms with Crippen molar-refractivity contribution in [1.82, 2.24) is 14.5 Å². The molecule has 0 aromatic carbocycles. The van der Waals surface area contributed by atoms with Gasteiger partial charge in [-0.3, -0.25) is 9.69 Å². The predicted octanol–water partition coefficient (Wildman–Crippen LogP) is 3.81. The molecule has 4 nitrogen and oxygen atoms in total. The third-order valence-corrected chi connectivity index (χ3v) is 5.01. The van der Waals surface area contributed by atoms with E-state index in [1.54, 1.807) is 6.08 Å². The molecular weight excluding hydrogens is 310 g/mol. The molecule has 0 radical (unpaired) electrons. The maximum Gasteiger partial charge on any atom is 0.142 e. The molecule has 0 N–H and O–H groups in total. The van der Waals surface area contributed by atoms with E-state index < -0.39 is 0 Å². The van der Waals surface area contributed by atoms with Gasteiger partial charge in [-0.25, -0.2) is 4.98 Å². The number of rotatable bonds is 5. The fourth-order valence-corrected chi connectivity index (χ4v) is 3.40. The van der Waals surface area contributed by atoms with Crippen molar-refractivity contribution in [1.29, 1.82) is 0 Å². The number of carbonyl (C=O) groups is 1. The molecule has 25 heavy (non-hydrogen) atoms. The van der Waals surface area contributed by atoms with Crippen LogP contribution in [0.4, 0.5) is 0 Å². The van der Waals surface area contributed by atoms with E-state index >= 15 is 0 Å². The Hall–Kier alpha value is -1.94. The molecule has 134 valence electrons. The highest BCUT2D eigenvalue weighted by Gasteiger charge is 2.21. The molecule has 1 aliphatic carbocycles. The zero-order valence-corrected chi connectivity index (χ0v) is 15.6. The third-order valence-electron chi connectivity index (χ3n) is 5.01. The van der Waals surface area contributed by atoms with Crippen LogP contribution in [0.15, 0.2) is 30.6 Å². The van der Waals surface area contributed by atoms with Crippen LogP contribution in [-0.4, -0.2) is 40.4 Å². The lowest BCUT2D eigenvalue weighted by Gasteiger charge is -2.30. The average molecular weight is 339 g/mol. The van der Waals surface area contributed by atoms with E-state index in [0.29, 0.717) is 5.41 Å². The van der Waals surface area contributed by atoms with Crippen molar-refractivity contribution >= 4 is 18.1 Å². The van der Waals surface area contributed by atoms with Gasteiger partial charge in [0, 0.05) is 37.5 Å². The predicted molar refractivity (Wildman–Crippen MR) is 103 cm³/mol. The number of aromatic nitrogens is 2. The fraction of sp³-hybridized carbons (Fsp3) is 0.524. The number of hydrogen-bond acceptors (Lipinski definition) is 3. The summed E-state index contributed by atoms with van der Waals surface area (Å²) in [6, 6.07) is 0. The number of imidazole rings is 1. The summed E-state index contributed by atoms with van der Waals surface area (Å²) in [7, 11) is 0. The number of fused-ring (bicyclic) bond motifs is 1. The second-order valence-corrected chi connectivity index (χ2v) is 8.25. The normalized spacial score (nSPS) is 21.4. The van der Waals surface area contributed by atoms with Gasteiger partial charge in [0.2, 0.25) is 0 Å². The number of carbonyl (C=O) groups excluding carboxylic acids is 1. The minimum atomic E-state index is 0.272. The summed E-state index contributed by atoms with van der Waals surface area (Å²) in [6.07, 6.45) is 16.1. The van der Waals surface area contributed by atoms with Gasteiger partial charge in [-0.05, 0) is 30.5 Å². The molecule has 1 unspecified atom stereocenters. The first-order chi connectivity index (χ1) is 12.0. The monoisotopic (exact) mass is 339 g/mol. The number of allylic oxidation sites excluding steroid dienone is 3. The van der Waals surface area contributed by atoms with E-state index in [1.165, 1.54) is 24.4 Å². The quantitative estimate of drug-likeness (QED) is 0.605. The smallest absolute Gasteiger partial charge is 0.142 e. The molecule has 0 saturated heterocycles. The van der Waals surface area contributed by atoms with Gasteiger partial charge < -0.3 is 4.57 Å². The van der Waals surface area contributed by atoms with Gasteiger partial charge in [-0.1, -0.05) is 39.0 Å². The van der Waals surface area contributed by atoms with Gasteiger partial charge in [0.15, 0.2) is 0 Å². The minimum Gasteiger partial charge on any atom is -0.303 e. The average Bonchev–Trinajstić information content (AvgIpc) is 3.01. The minimum absolute atomic E-state index is 0.272. The van der Waals surface area contributed by atoms with Gasteiger partial charge in [0.05, 0.1) is 17.7 Å². The third kappa shape index (κ3) is 4.57. The lowest BCUT2D eigenvalue weighted by atomic mass is 9.92. The van der Waals surface area contributed by atoms with E-state index in [0.717, 1.165) is 37.9 Å². The summed E-state index contributed by atoms with van der Waals surface area (Å²) >= 11 is 0. The van der Waals surface area contributed by atoms with Crippen molar-refractivity contribution in [3.63, 3.8) is 0 Å². The van der Waals surface area contributed by atoms with Crippen LogP contribution in [-0.2, 0) is 11.2 Å². The Kier molecular flexibility index (Phi) is 5.38. The van der Waals surface area contributed by atoms with Crippen LogP contribution in [0.5, 0.6) is 0 Å². The highest BCUT2D eigenvalue weighted by atomic mass is 16.1. The van der Waals surface area contributed by atoms with Crippen LogP contribution < -0.4 is 0 Å². The van der Waals surface area contributed by atoms with Gasteiger partial charge >= 0.3 is 0 Å². The van der Waals surface area contributed by atoms with Gasteiger partial charge in [-0.2, -0.15) is 0 Å². The molecule has 0 fully saturated rings. The Bertz CT molecular complexity index is 703. The van der Waals surface area contributed by atoms with Crippen molar-refractivity contribution in [2.24, 2.45) is 11.3 Å². The molecule has 1 aromatic rings. The van der Waals surface area contributed by atoms with Crippen molar-refractivity contribution in [3.05, 3.63) is 42.0 Å². The Morgan fingerprint density at radius 1 is 1.36 bits per heavy atom. The van der Waals surface area contributed by atoms with Gasteiger partial charge in [-0.15, -0.1) is 0 Å². The SMILES string of the molecule is CC(C)(C)CCN1CC=C(n2cnc3c2C=CC(/C=C/C=O)C3)CC1. The summed E-state index contributed by atoms with van der Waals surface area (Å²) in [4.78, 5) is 17.6. The Balaban J connectivity index is 1.65. The highest BCUT2D eigenvalue weighted by molar-refractivity contribution is 5.65. The molecule has 2 aliphatic rings. The van der Waals surface area contributed by atoms with Crippen LogP contribution in [0.2, 0.25) is 0 Å². The summed E-state index contributed by atoms with van der Waals surface area (Å²) in [5.41, 5.74) is 4.07. The molecular formula is C21H29N3O. The summed E-state index contributed by atoms with van der Waals surface area (Å²) in [6.45, 7) is 10.2. The first-order valence-electron chi connectivity index (χ1n) is 9.24. The second kappa shape index (κ2) is 7.52. The summed E-state index contributed by atoms with van der Waals surface area (Å²) < 4.78 is 2.24. The van der Waals surface area contributed by atoms with Crippen LogP contribution in [0, 0.1) is 11.3 Å². The van der Waals surface area contributed by atoms with E-state index in [9.17, 15) is 4.79 Å². The number of aldehydes is 1. The zero-order valence-electron chi connectivity index (χ0n) is 15.6. The summed E-state index contributed by atoms with van der Waals surface area (Å²) in [5.74, 6) is 0.272. The topological polar surface area (TPSA) is 38.1 Å². The molecule has 0 saturated carbocycles. The molecule has 1 aliphatic heterocycles. The fourth-order valence-electron chi connectivity index (χ4n) is 3.40. The maximum absolute atomic E-state index is 10.5. The Morgan fingerprint density at radius 3 is 2.88 bits per heavy atom. The number of nitrogens with zero attached hydrogens (tertiary/aromatic N) is 3. The molecule has 0 bridgehead atoms. The first-order valence-corrected chi connectivity index (χ1v) is 9.24. The zero-order chi connectivity index (χ0) is 17.9. The van der Waals surface area contributed by atoms with Crippen molar-refractivity contribution in [3.8, 4) is 0 Å². The second-order valence-electron chi connectivity index (χ2n) is 8.25. The van der Waals surface area contributed by atoms with E-state index in [1.807, 2.05) is 12.4 Å². The molecule has 0 amide bonds. The number of hydrogen-bond donors (Lipinski definition) is 0. The molecule has 1 atom stereocenters. The molecule has 4 heteroatoms. The standard InChI is InChI=1S/C21H29N3O/c1-21(2,3)10-13-23-11-8-18(9-12-23)24-16-22-19-15-17(5-4-14-25)6-7-20(19)24/h4-8,14,16-17H,9-13,15H2,1-3H3/b5-4+. The largest absolute Gasteiger partial charge is 0.303 e. The van der Waals surface area contributed by atoms with Crippen LogP contribution in [0.25, 0.3) is 11.8 Å². The van der Waals surface area contributed by atoms with Gasteiger partial charge in [0.1, 0.15) is 6.29 Å². The molecule has 3 rings (SSSR count). The molecule has 2 heterocycles. The van der Waals surface area contributed by atoms with Crippen LogP contribution in [0.3, 0.4) is 0 Å². The van der Waals surface area contributed by atoms with E-state index in [2.05, 4.69) is 53.5 Å².